The first kappa shape index (κ1) is 14.5. The van der Waals surface area contributed by atoms with Crippen LogP contribution >= 0.6 is 11.6 Å². The van der Waals surface area contributed by atoms with Crippen LogP contribution in [0.3, 0.4) is 0 Å². The van der Waals surface area contributed by atoms with E-state index >= 15 is 0 Å². The van der Waals surface area contributed by atoms with E-state index in [4.69, 9.17) is 16.9 Å². The fourth-order valence-corrected chi connectivity index (χ4v) is 2.00. The van der Waals surface area contributed by atoms with E-state index in [1.807, 2.05) is 0 Å². The standard InChI is InChI=1S/C12H8ClF4N3/c13-11(14)10(19-9-4-2-1-3-5-9)8(6-18)7-20(17)12(11,15)16/h1-5,7,10,19H. The first-order chi connectivity index (χ1) is 9.30. The number of benzene rings is 1. The van der Waals surface area contributed by atoms with E-state index in [2.05, 4.69) is 5.32 Å². The van der Waals surface area contributed by atoms with Crippen molar-refractivity contribution < 1.29 is 17.7 Å². The van der Waals surface area contributed by atoms with Gasteiger partial charge in [-0.1, -0.05) is 34.3 Å². The van der Waals surface area contributed by atoms with E-state index < -0.39 is 27.9 Å². The van der Waals surface area contributed by atoms with Crippen LogP contribution in [0.1, 0.15) is 0 Å². The monoisotopic (exact) mass is 305 g/mol. The van der Waals surface area contributed by atoms with Crippen LogP contribution < -0.4 is 5.32 Å². The molecule has 0 saturated heterocycles. The highest BCUT2D eigenvalue weighted by molar-refractivity contribution is 6.24. The van der Waals surface area contributed by atoms with Crippen molar-refractivity contribution >= 4 is 17.3 Å². The number of alkyl halides is 4. The minimum absolute atomic E-state index is 0.223. The van der Waals surface area contributed by atoms with Gasteiger partial charge in [-0.15, -0.1) is 5.12 Å². The maximum atomic E-state index is 14.2. The maximum Gasteiger partial charge on any atom is 0.400 e. The van der Waals surface area contributed by atoms with Crippen LogP contribution in [0.15, 0.2) is 42.1 Å². The Balaban J connectivity index is 2.43. The number of nitrogens with zero attached hydrogens (tertiary/aromatic N) is 2. The highest BCUT2D eigenvalue weighted by atomic mass is 35.5. The molecule has 8 heteroatoms. The second-order valence-electron chi connectivity index (χ2n) is 4.12. The Morgan fingerprint density at radius 1 is 1.25 bits per heavy atom. The third kappa shape index (κ3) is 2.16. The van der Waals surface area contributed by atoms with Crippen LogP contribution in [0.2, 0.25) is 0 Å². The van der Waals surface area contributed by atoms with Crippen molar-refractivity contribution in [3.05, 3.63) is 42.1 Å². The van der Waals surface area contributed by atoms with E-state index in [0.717, 1.165) is 0 Å². The van der Waals surface area contributed by atoms with Crippen molar-refractivity contribution in [2.45, 2.75) is 17.2 Å². The third-order valence-electron chi connectivity index (χ3n) is 2.81. The van der Waals surface area contributed by atoms with Gasteiger partial charge in [-0.05, 0) is 12.1 Å². The lowest BCUT2D eigenvalue weighted by atomic mass is 9.98. The van der Waals surface area contributed by atoms with Gasteiger partial charge in [0.2, 0.25) is 0 Å². The van der Waals surface area contributed by atoms with Crippen molar-refractivity contribution in [3.8, 4) is 6.07 Å². The molecule has 1 aliphatic heterocycles. The molecule has 1 aromatic rings. The number of halogens is 5. The fourth-order valence-electron chi connectivity index (χ4n) is 1.75. The Labute approximate surface area is 117 Å². The van der Waals surface area contributed by atoms with Gasteiger partial charge in [0.1, 0.15) is 6.04 Å². The molecule has 0 spiro atoms. The lowest BCUT2D eigenvalue weighted by Crippen LogP contribution is -2.60. The Kier molecular flexibility index (Phi) is 3.52. The Morgan fingerprint density at radius 2 is 1.85 bits per heavy atom. The smallest absolute Gasteiger partial charge is 0.373 e. The second-order valence-corrected chi connectivity index (χ2v) is 4.67. The summed E-state index contributed by atoms with van der Waals surface area (Å²) in [4.78, 5) is 0. The Hall–Kier alpha value is -1.94. The topological polar surface area (TPSA) is 39.1 Å². The zero-order valence-corrected chi connectivity index (χ0v) is 10.6. The molecule has 0 aliphatic carbocycles. The van der Waals surface area contributed by atoms with Gasteiger partial charge in [0.15, 0.2) is 0 Å². The molecule has 2 rings (SSSR count). The molecular weight excluding hydrogens is 298 g/mol. The summed E-state index contributed by atoms with van der Waals surface area (Å²) in [5.41, 5.74) is -0.316. The summed E-state index contributed by atoms with van der Waals surface area (Å²) in [6, 6.07) is 2.72. The van der Waals surface area contributed by atoms with Crippen molar-refractivity contribution in [2.24, 2.45) is 0 Å². The van der Waals surface area contributed by atoms with Gasteiger partial charge in [-0.3, -0.25) is 0 Å². The van der Waals surface area contributed by atoms with Crippen molar-refractivity contribution in [2.75, 3.05) is 5.32 Å². The SMILES string of the molecule is N#CC1=CN(F)C(F)(F)C(F)(Cl)C1Nc1ccccc1. The predicted octanol–water partition coefficient (Wildman–Crippen LogP) is 3.57. The zero-order valence-electron chi connectivity index (χ0n) is 9.83. The second kappa shape index (κ2) is 4.87. The van der Waals surface area contributed by atoms with Crippen molar-refractivity contribution in [3.63, 3.8) is 0 Å². The van der Waals surface area contributed by atoms with Crippen LogP contribution in [0.25, 0.3) is 0 Å². The molecule has 20 heavy (non-hydrogen) atoms. The van der Waals surface area contributed by atoms with E-state index in [1.165, 1.54) is 18.2 Å². The summed E-state index contributed by atoms with van der Waals surface area (Å²) in [5, 5.41) is 6.20. The summed E-state index contributed by atoms with van der Waals surface area (Å²) in [7, 11) is 0. The molecule has 3 nitrogen and oxygen atoms in total. The van der Waals surface area contributed by atoms with Gasteiger partial charge >= 0.3 is 6.05 Å². The van der Waals surface area contributed by atoms with Crippen molar-refractivity contribution in [1.82, 2.24) is 5.12 Å². The number of hydrogen-bond acceptors (Lipinski definition) is 3. The van der Waals surface area contributed by atoms with Crippen LogP contribution in [-0.2, 0) is 0 Å². The van der Waals surface area contributed by atoms with Gasteiger partial charge in [0, 0.05) is 5.69 Å². The summed E-state index contributed by atoms with van der Waals surface area (Å²) in [6.07, 6.45) is 0.223. The molecule has 0 saturated carbocycles. The molecule has 1 N–H and O–H groups in total. The lowest BCUT2D eigenvalue weighted by molar-refractivity contribution is -0.261. The molecule has 1 aromatic carbocycles. The normalized spacial score (nSPS) is 28.5. The molecule has 0 radical (unpaired) electrons. The molecule has 0 bridgehead atoms. The quantitative estimate of drug-likeness (QED) is 0.393. The van der Waals surface area contributed by atoms with Gasteiger partial charge < -0.3 is 5.32 Å². The molecule has 1 aliphatic rings. The molecule has 1 heterocycles. The number of nitriles is 1. The number of rotatable bonds is 2. The summed E-state index contributed by atoms with van der Waals surface area (Å²) in [5.74, 6) is 0. The first-order valence-corrected chi connectivity index (χ1v) is 5.82. The Morgan fingerprint density at radius 3 is 2.40 bits per heavy atom. The predicted molar refractivity (Wildman–Crippen MR) is 65.1 cm³/mol. The van der Waals surface area contributed by atoms with E-state index in [-0.39, 0.29) is 11.9 Å². The molecule has 2 atom stereocenters. The van der Waals surface area contributed by atoms with Crippen LogP contribution in [-0.4, -0.2) is 22.3 Å². The average Bonchev–Trinajstić information content (AvgIpc) is 2.41. The highest BCUT2D eigenvalue weighted by Gasteiger charge is 2.66. The van der Waals surface area contributed by atoms with Gasteiger partial charge in [0.25, 0.3) is 5.13 Å². The molecular formula is C12H8ClF4N3. The average molecular weight is 306 g/mol. The van der Waals surface area contributed by atoms with E-state index in [1.54, 1.807) is 18.2 Å². The number of anilines is 1. The molecule has 2 unspecified atom stereocenters. The summed E-state index contributed by atoms with van der Waals surface area (Å²) >= 11 is 5.20. The third-order valence-corrected chi connectivity index (χ3v) is 3.25. The van der Waals surface area contributed by atoms with Crippen LogP contribution in [0, 0.1) is 11.3 Å². The van der Waals surface area contributed by atoms with Gasteiger partial charge in [-0.2, -0.15) is 14.0 Å². The lowest BCUT2D eigenvalue weighted by Gasteiger charge is -2.40. The van der Waals surface area contributed by atoms with Crippen LogP contribution in [0.4, 0.5) is 23.3 Å². The maximum absolute atomic E-state index is 14.2. The first-order valence-electron chi connectivity index (χ1n) is 5.45. The summed E-state index contributed by atoms with van der Waals surface area (Å²) in [6.45, 7) is 0. The molecule has 106 valence electrons. The number of nitrogens with one attached hydrogen (secondary N) is 1. The van der Waals surface area contributed by atoms with E-state index in [9.17, 15) is 17.7 Å². The van der Waals surface area contributed by atoms with Gasteiger partial charge in [-0.25, -0.2) is 4.39 Å². The minimum atomic E-state index is -4.61. The van der Waals surface area contributed by atoms with Gasteiger partial charge in [0.05, 0.1) is 17.8 Å². The minimum Gasteiger partial charge on any atom is -0.373 e. The fraction of sp³-hybridized carbons (Fsp3) is 0.250. The number of hydrogen-bond donors (Lipinski definition) is 1. The zero-order chi connectivity index (χ0) is 15.0. The van der Waals surface area contributed by atoms with Crippen molar-refractivity contribution in [1.29, 1.82) is 5.26 Å². The Bertz CT molecular complexity index is 568. The molecule has 0 aromatic heterocycles. The molecule has 0 fully saturated rings. The van der Waals surface area contributed by atoms with Crippen LogP contribution in [0.5, 0.6) is 0 Å². The largest absolute Gasteiger partial charge is 0.400 e. The van der Waals surface area contributed by atoms with E-state index in [0.29, 0.717) is 0 Å². The highest BCUT2D eigenvalue weighted by Crippen LogP contribution is 2.48. The summed E-state index contributed by atoms with van der Waals surface area (Å²) < 4.78 is 54.3. The molecule has 0 amide bonds. The number of para-hydroxylation sites is 1.